The Balaban J connectivity index is 2.20. The Bertz CT molecular complexity index is 571. The molecule has 0 saturated carbocycles. The summed E-state index contributed by atoms with van der Waals surface area (Å²) in [6, 6.07) is 11.0. The zero-order valence-electron chi connectivity index (χ0n) is 11.5. The van der Waals surface area contributed by atoms with Crippen molar-refractivity contribution in [2.75, 3.05) is 7.05 Å². The van der Waals surface area contributed by atoms with Gasteiger partial charge in [-0.3, -0.25) is 4.90 Å². The second-order valence-electron chi connectivity index (χ2n) is 4.95. The fourth-order valence-electron chi connectivity index (χ4n) is 2.36. The van der Waals surface area contributed by atoms with Crippen LogP contribution in [-0.2, 0) is 6.54 Å². The van der Waals surface area contributed by atoms with Crippen molar-refractivity contribution in [3.8, 4) is 0 Å². The normalized spacial score (nSPS) is 14.5. The third kappa shape index (κ3) is 3.67. The molecule has 5 heteroatoms. The van der Waals surface area contributed by atoms with E-state index in [-0.39, 0.29) is 17.9 Å². The summed E-state index contributed by atoms with van der Waals surface area (Å²) < 4.78 is 14.8. The summed E-state index contributed by atoms with van der Waals surface area (Å²) in [5, 5.41) is 0. The van der Waals surface area contributed by atoms with Crippen molar-refractivity contribution in [1.82, 2.24) is 4.90 Å². The molecule has 0 amide bonds. The first kappa shape index (κ1) is 15.6. The van der Waals surface area contributed by atoms with Gasteiger partial charge in [-0.05, 0) is 48.1 Å². The number of nitrogens with two attached hydrogens (primary N) is 1. The van der Waals surface area contributed by atoms with Crippen LogP contribution in [0.3, 0.4) is 0 Å². The first-order chi connectivity index (χ1) is 9.49. The number of likely N-dealkylation sites (N-methyl/N-ethyl adjacent to an activating group) is 1. The molecule has 1 heterocycles. The fraction of sp³-hybridized carbons (Fsp3) is 0.333. The van der Waals surface area contributed by atoms with Gasteiger partial charge in [0.25, 0.3) is 0 Å². The molecule has 2 atom stereocenters. The molecule has 108 valence electrons. The predicted molar refractivity (Wildman–Crippen MR) is 86.3 cm³/mol. The molecule has 0 radical (unpaired) electrons. The van der Waals surface area contributed by atoms with Crippen molar-refractivity contribution >= 4 is 27.3 Å². The molecule has 2 nitrogen and oxygen atoms in total. The van der Waals surface area contributed by atoms with Crippen LogP contribution in [0, 0.1) is 5.82 Å². The third-order valence-corrected chi connectivity index (χ3v) is 4.93. The van der Waals surface area contributed by atoms with Crippen molar-refractivity contribution in [3.05, 3.63) is 56.4 Å². The molecule has 2 unspecified atom stereocenters. The van der Waals surface area contributed by atoms with Crippen molar-refractivity contribution in [2.45, 2.75) is 25.6 Å². The monoisotopic (exact) mass is 356 g/mol. The Labute approximate surface area is 131 Å². The summed E-state index contributed by atoms with van der Waals surface area (Å²) in [4.78, 5) is 3.28. The fourth-order valence-corrected chi connectivity index (χ4v) is 4.06. The Kier molecular flexibility index (Phi) is 5.32. The zero-order valence-corrected chi connectivity index (χ0v) is 13.9. The standard InChI is InChI=1S/C15H18BrFN2S/c1-10(18)15(13-7-8-14(16)20-13)19(2)9-11-5-3-4-6-12(11)17/h3-8,10,15H,9,18H2,1-2H3. The maximum Gasteiger partial charge on any atom is 0.127 e. The van der Waals surface area contributed by atoms with E-state index >= 15 is 0 Å². The van der Waals surface area contributed by atoms with Crippen LogP contribution in [-0.4, -0.2) is 18.0 Å². The van der Waals surface area contributed by atoms with Crippen LogP contribution in [0.5, 0.6) is 0 Å². The van der Waals surface area contributed by atoms with Gasteiger partial charge in [0.2, 0.25) is 0 Å². The van der Waals surface area contributed by atoms with E-state index in [1.54, 1.807) is 17.4 Å². The van der Waals surface area contributed by atoms with E-state index in [1.807, 2.05) is 32.2 Å². The summed E-state index contributed by atoms with van der Waals surface area (Å²) in [5.74, 6) is -0.171. The minimum absolute atomic E-state index is 0.0303. The lowest BCUT2D eigenvalue weighted by Gasteiger charge is -2.30. The Morgan fingerprint density at radius 2 is 2.00 bits per heavy atom. The highest BCUT2D eigenvalue weighted by Gasteiger charge is 2.23. The molecule has 2 aromatic rings. The van der Waals surface area contributed by atoms with Crippen LogP contribution < -0.4 is 5.73 Å². The van der Waals surface area contributed by atoms with Crippen LogP contribution in [0.25, 0.3) is 0 Å². The summed E-state index contributed by atoms with van der Waals surface area (Å²) in [6.07, 6.45) is 0. The topological polar surface area (TPSA) is 29.3 Å². The molecular formula is C15H18BrFN2S. The highest BCUT2D eigenvalue weighted by atomic mass is 79.9. The quantitative estimate of drug-likeness (QED) is 0.870. The SMILES string of the molecule is CC(N)C(c1ccc(Br)s1)N(C)Cc1ccccc1F. The number of rotatable bonds is 5. The van der Waals surface area contributed by atoms with Gasteiger partial charge in [-0.2, -0.15) is 0 Å². The molecule has 0 saturated heterocycles. The molecule has 2 N–H and O–H groups in total. The molecule has 1 aromatic carbocycles. The molecule has 0 bridgehead atoms. The summed E-state index contributed by atoms with van der Waals surface area (Å²) in [7, 11) is 1.98. The summed E-state index contributed by atoms with van der Waals surface area (Å²) >= 11 is 5.14. The second-order valence-corrected chi connectivity index (χ2v) is 7.45. The highest BCUT2D eigenvalue weighted by Crippen LogP contribution is 2.32. The number of benzene rings is 1. The van der Waals surface area contributed by atoms with Gasteiger partial charge in [0, 0.05) is 23.0 Å². The minimum atomic E-state index is -0.171. The molecule has 20 heavy (non-hydrogen) atoms. The van der Waals surface area contributed by atoms with E-state index in [0.717, 1.165) is 3.79 Å². The molecule has 0 aliphatic rings. The van der Waals surface area contributed by atoms with Crippen LogP contribution in [0.4, 0.5) is 4.39 Å². The lowest BCUT2D eigenvalue weighted by Crippen LogP contribution is -2.36. The number of nitrogens with zero attached hydrogens (tertiary/aromatic N) is 1. The van der Waals surface area contributed by atoms with Gasteiger partial charge in [0.15, 0.2) is 0 Å². The minimum Gasteiger partial charge on any atom is -0.326 e. The summed E-state index contributed by atoms with van der Waals surface area (Å²) in [6.45, 7) is 2.52. The van der Waals surface area contributed by atoms with Gasteiger partial charge in [-0.15, -0.1) is 11.3 Å². The van der Waals surface area contributed by atoms with Crippen molar-refractivity contribution in [1.29, 1.82) is 0 Å². The maximum atomic E-state index is 13.8. The van der Waals surface area contributed by atoms with Crippen molar-refractivity contribution in [2.24, 2.45) is 5.73 Å². The van der Waals surface area contributed by atoms with E-state index in [1.165, 1.54) is 10.9 Å². The number of halogens is 2. The smallest absolute Gasteiger partial charge is 0.127 e. The van der Waals surface area contributed by atoms with Gasteiger partial charge in [0.05, 0.1) is 9.83 Å². The van der Waals surface area contributed by atoms with Gasteiger partial charge in [0.1, 0.15) is 5.82 Å². The van der Waals surface area contributed by atoms with Crippen LogP contribution >= 0.6 is 27.3 Å². The lowest BCUT2D eigenvalue weighted by molar-refractivity contribution is 0.212. The highest BCUT2D eigenvalue weighted by molar-refractivity contribution is 9.11. The van der Waals surface area contributed by atoms with Crippen LogP contribution in [0.15, 0.2) is 40.2 Å². The Morgan fingerprint density at radius 3 is 2.55 bits per heavy atom. The molecule has 0 fully saturated rings. The van der Waals surface area contributed by atoms with Crippen LogP contribution in [0.1, 0.15) is 23.4 Å². The Hall–Kier alpha value is -0.750. The average molecular weight is 357 g/mol. The molecular weight excluding hydrogens is 339 g/mol. The molecule has 0 aliphatic heterocycles. The zero-order chi connectivity index (χ0) is 14.7. The predicted octanol–water partition coefficient (Wildman–Crippen LogP) is 4.17. The maximum absolute atomic E-state index is 13.8. The third-order valence-electron chi connectivity index (χ3n) is 3.24. The van der Waals surface area contributed by atoms with E-state index in [2.05, 4.69) is 26.9 Å². The summed E-state index contributed by atoms with van der Waals surface area (Å²) in [5.41, 5.74) is 6.82. The van der Waals surface area contributed by atoms with Gasteiger partial charge in [-0.25, -0.2) is 4.39 Å². The Morgan fingerprint density at radius 1 is 1.30 bits per heavy atom. The number of hydrogen-bond acceptors (Lipinski definition) is 3. The average Bonchev–Trinajstić information content (AvgIpc) is 2.78. The molecule has 1 aromatic heterocycles. The van der Waals surface area contributed by atoms with Crippen molar-refractivity contribution < 1.29 is 4.39 Å². The van der Waals surface area contributed by atoms with Gasteiger partial charge < -0.3 is 5.73 Å². The van der Waals surface area contributed by atoms with E-state index < -0.39 is 0 Å². The lowest BCUT2D eigenvalue weighted by atomic mass is 10.1. The van der Waals surface area contributed by atoms with E-state index in [4.69, 9.17) is 5.73 Å². The number of hydrogen-bond donors (Lipinski definition) is 1. The second kappa shape index (κ2) is 6.80. The largest absolute Gasteiger partial charge is 0.326 e. The first-order valence-corrected chi connectivity index (χ1v) is 8.04. The first-order valence-electron chi connectivity index (χ1n) is 6.43. The van der Waals surface area contributed by atoms with E-state index in [9.17, 15) is 4.39 Å². The number of thiophene rings is 1. The molecule has 2 rings (SSSR count). The van der Waals surface area contributed by atoms with E-state index in [0.29, 0.717) is 12.1 Å². The van der Waals surface area contributed by atoms with Crippen LogP contribution in [0.2, 0.25) is 0 Å². The van der Waals surface area contributed by atoms with Gasteiger partial charge in [-0.1, -0.05) is 18.2 Å². The molecule has 0 aliphatic carbocycles. The molecule has 0 spiro atoms. The van der Waals surface area contributed by atoms with Crippen molar-refractivity contribution in [3.63, 3.8) is 0 Å². The van der Waals surface area contributed by atoms with Gasteiger partial charge >= 0.3 is 0 Å².